The molecule has 1 aliphatic rings. The highest BCUT2D eigenvalue weighted by molar-refractivity contribution is 6.12. The van der Waals surface area contributed by atoms with Gasteiger partial charge in [-0.2, -0.15) is 0 Å². The first-order valence-electron chi connectivity index (χ1n) is 12.0. The topological polar surface area (TPSA) is 97.1 Å². The first kappa shape index (κ1) is 22.0. The number of hydrogen-bond donors (Lipinski definition) is 2. The average Bonchev–Trinajstić information content (AvgIpc) is 3.67. The van der Waals surface area contributed by atoms with Gasteiger partial charge in [-0.1, -0.05) is 48.5 Å². The fourth-order valence-corrected chi connectivity index (χ4v) is 4.74. The van der Waals surface area contributed by atoms with Crippen molar-refractivity contribution < 1.29 is 14.7 Å². The van der Waals surface area contributed by atoms with Gasteiger partial charge in [-0.3, -0.25) is 14.6 Å². The van der Waals surface area contributed by atoms with Crippen LogP contribution in [0.4, 0.5) is 5.69 Å². The van der Waals surface area contributed by atoms with E-state index in [9.17, 15) is 14.7 Å². The van der Waals surface area contributed by atoms with Crippen molar-refractivity contribution in [2.75, 3.05) is 5.32 Å². The number of carbonyl (C=O) groups excluding carboxylic acids is 1. The summed E-state index contributed by atoms with van der Waals surface area (Å²) < 4.78 is 1.86. The minimum absolute atomic E-state index is 0.0843. The summed E-state index contributed by atoms with van der Waals surface area (Å²) >= 11 is 0. The van der Waals surface area contributed by atoms with Crippen LogP contribution in [-0.2, 0) is 4.79 Å². The van der Waals surface area contributed by atoms with Gasteiger partial charge in [0.15, 0.2) is 0 Å². The number of nitrogens with one attached hydrogen (secondary N) is 1. The minimum Gasteiger partial charge on any atom is -0.481 e. The van der Waals surface area contributed by atoms with Crippen molar-refractivity contribution in [2.45, 2.75) is 31.2 Å². The predicted octanol–water partition coefficient (Wildman–Crippen LogP) is 5.78. The minimum atomic E-state index is -0.897. The number of carbonyl (C=O) groups is 2. The Balaban J connectivity index is 1.37. The van der Waals surface area contributed by atoms with Crippen LogP contribution in [0.5, 0.6) is 0 Å². The van der Waals surface area contributed by atoms with E-state index in [-0.39, 0.29) is 12.3 Å². The van der Waals surface area contributed by atoms with Crippen LogP contribution in [0.1, 0.15) is 52.8 Å². The molecule has 0 aliphatic heterocycles. The lowest BCUT2D eigenvalue weighted by Crippen LogP contribution is -2.15. The smallest absolute Gasteiger partial charge is 0.305 e. The molecule has 6 rings (SSSR count). The van der Waals surface area contributed by atoms with E-state index >= 15 is 0 Å². The summed E-state index contributed by atoms with van der Waals surface area (Å²) in [4.78, 5) is 34.4. The van der Waals surface area contributed by atoms with Crippen LogP contribution in [-0.4, -0.2) is 31.5 Å². The van der Waals surface area contributed by atoms with Crippen molar-refractivity contribution in [1.29, 1.82) is 0 Å². The first-order valence-corrected chi connectivity index (χ1v) is 12.0. The lowest BCUT2D eigenvalue weighted by molar-refractivity contribution is -0.137. The molecule has 1 atom stereocenters. The van der Waals surface area contributed by atoms with Gasteiger partial charge in [0.2, 0.25) is 0 Å². The molecule has 1 amide bonds. The van der Waals surface area contributed by atoms with Gasteiger partial charge < -0.3 is 15.0 Å². The fourth-order valence-electron chi connectivity index (χ4n) is 4.74. The Kier molecular flexibility index (Phi) is 5.45. The van der Waals surface area contributed by atoms with Gasteiger partial charge >= 0.3 is 5.97 Å². The molecule has 3 aromatic carbocycles. The Morgan fingerprint density at radius 3 is 2.53 bits per heavy atom. The normalized spacial score (nSPS) is 14.1. The number of aromatic nitrogens is 3. The Morgan fingerprint density at radius 1 is 0.972 bits per heavy atom. The van der Waals surface area contributed by atoms with Crippen molar-refractivity contribution in [2.24, 2.45) is 0 Å². The Morgan fingerprint density at radius 2 is 1.75 bits per heavy atom. The second-order valence-corrected chi connectivity index (χ2v) is 9.22. The molecule has 7 heteroatoms. The Bertz CT molecular complexity index is 1610. The van der Waals surface area contributed by atoms with E-state index in [4.69, 9.17) is 4.98 Å². The van der Waals surface area contributed by atoms with E-state index in [1.807, 2.05) is 83.4 Å². The van der Waals surface area contributed by atoms with Gasteiger partial charge in [-0.15, -0.1) is 0 Å². The van der Waals surface area contributed by atoms with Crippen molar-refractivity contribution in [3.8, 4) is 0 Å². The highest BCUT2D eigenvalue weighted by Crippen LogP contribution is 2.40. The van der Waals surface area contributed by atoms with Crippen molar-refractivity contribution in [1.82, 2.24) is 14.5 Å². The van der Waals surface area contributed by atoms with Crippen molar-refractivity contribution in [3.63, 3.8) is 0 Å². The molecule has 2 aromatic heterocycles. The number of hydrogen-bond acceptors (Lipinski definition) is 4. The van der Waals surface area contributed by atoms with E-state index in [1.54, 1.807) is 6.33 Å². The van der Waals surface area contributed by atoms with Gasteiger partial charge in [0.25, 0.3) is 5.91 Å². The number of fused-ring (bicyclic) bond motifs is 2. The number of pyridine rings is 1. The SMILES string of the molecule is O=C(O)CC(c1ccccc1)n1cnc2ccc(NC(=O)c3cc(C4CC4)nc4ccccc34)cc21. The zero-order valence-electron chi connectivity index (χ0n) is 19.5. The molecule has 2 heterocycles. The van der Waals surface area contributed by atoms with E-state index in [0.717, 1.165) is 46.0 Å². The molecular formula is C29H24N4O3. The maximum absolute atomic E-state index is 13.4. The monoisotopic (exact) mass is 476 g/mol. The second-order valence-electron chi connectivity index (χ2n) is 9.22. The lowest BCUT2D eigenvalue weighted by atomic mass is 10.0. The maximum atomic E-state index is 13.4. The van der Waals surface area contributed by atoms with E-state index in [0.29, 0.717) is 17.2 Å². The number of imidazole rings is 1. The maximum Gasteiger partial charge on any atom is 0.305 e. The van der Waals surface area contributed by atoms with Crippen LogP contribution < -0.4 is 5.32 Å². The van der Waals surface area contributed by atoms with Crippen LogP contribution in [0.2, 0.25) is 0 Å². The molecule has 7 nitrogen and oxygen atoms in total. The standard InChI is InChI=1S/C29H24N4O3/c34-28(35)16-26(19-6-2-1-3-7-19)33-17-30-24-13-12-20(14-27(24)33)31-29(36)22-15-25(18-10-11-18)32-23-9-5-4-8-21(22)23/h1-9,12-15,17-18,26H,10-11,16H2,(H,31,36)(H,34,35). The molecule has 36 heavy (non-hydrogen) atoms. The molecule has 0 bridgehead atoms. The molecule has 2 N–H and O–H groups in total. The fraction of sp³-hybridized carbons (Fsp3) is 0.172. The Labute approximate surface area is 207 Å². The zero-order chi connectivity index (χ0) is 24.6. The molecule has 5 aromatic rings. The zero-order valence-corrected chi connectivity index (χ0v) is 19.5. The van der Waals surface area contributed by atoms with Gasteiger partial charge in [0.1, 0.15) is 0 Å². The number of nitrogens with zero attached hydrogens (tertiary/aromatic N) is 3. The van der Waals surface area contributed by atoms with Gasteiger partial charge in [0, 0.05) is 22.7 Å². The largest absolute Gasteiger partial charge is 0.481 e. The molecule has 1 aliphatic carbocycles. The number of para-hydroxylation sites is 1. The summed E-state index contributed by atoms with van der Waals surface area (Å²) in [5.41, 5.74) is 5.36. The third-order valence-electron chi connectivity index (χ3n) is 6.70. The van der Waals surface area contributed by atoms with Crippen LogP contribution in [0, 0.1) is 0 Å². The first-order chi connectivity index (χ1) is 17.6. The van der Waals surface area contributed by atoms with Crippen LogP contribution >= 0.6 is 0 Å². The molecule has 0 spiro atoms. The lowest BCUT2D eigenvalue weighted by Gasteiger charge is -2.18. The van der Waals surface area contributed by atoms with Gasteiger partial charge in [0.05, 0.1) is 40.9 Å². The Hall–Kier alpha value is -4.52. The summed E-state index contributed by atoms with van der Waals surface area (Å²) in [7, 11) is 0. The highest BCUT2D eigenvalue weighted by atomic mass is 16.4. The average molecular weight is 477 g/mol. The summed E-state index contributed by atoms with van der Waals surface area (Å²) in [6, 6.07) is 24.2. The van der Waals surface area contributed by atoms with Crippen LogP contribution in [0.3, 0.4) is 0 Å². The number of carboxylic acids is 1. The van der Waals surface area contributed by atoms with E-state index < -0.39 is 12.0 Å². The molecule has 178 valence electrons. The van der Waals surface area contributed by atoms with Crippen molar-refractivity contribution >= 4 is 39.5 Å². The summed E-state index contributed by atoms with van der Waals surface area (Å²) in [6.07, 6.45) is 3.78. The number of amides is 1. The highest BCUT2D eigenvalue weighted by Gasteiger charge is 2.27. The summed E-state index contributed by atoms with van der Waals surface area (Å²) in [6.45, 7) is 0. The summed E-state index contributed by atoms with van der Waals surface area (Å²) in [5.74, 6) is -0.673. The molecule has 1 unspecified atom stereocenters. The van der Waals surface area contributed by atoms with Gasteiger partial charge in [-0.05, 0) is 48.7 Å². The van der Waals surface area contributed by atoms with Crippen LogP contribution in [0.25, 0.3) is 21.9 Å². The second kappa shape index (κ2) is 8.92. The molecule has 1 fully saturated rings. The third-order valence-corrected chi connectivity index (χ3v) is 6.70. The van der Waals surface area contributed by atoms with Gasteiger partial charge in [-0.25, -0.2) is 4.98 Å². The van der Waals surface area contributed by atoms with Crippen LogP contribution in [0.15, 0.2) is 85.2 Å². The molecule has 1 saturated carbocycles. The predicted molar refractivity (Wildman–Crippen MR) is 138 cm³/mol. The molecule has 0 radical (unpaired) electrons. The summed E-state index contributed by atoms with van der Waals surface area (Å²) in [5, 5.41) is 13.4. The number of benzene rings is 3. The number of anilines is 1. The molecular weight excluding hydrogens is 452 g/mol. The molecule has 0 saturated heterocycles. The number of rotatable bonds is 7. The number of aliphatic carboxylic acids is 1. The third kappa shape index (κ3) is 4.20. The van der Waals surface area contributed by atoms with E-state index in [1.165, 1.54) is 0 Å². The van der Waals surface area contributed by atoms with Crippen molar-refractivity contribution in [3.05, 3.63) is 102 Å². The number of carboxylic acid groups (broad SMARTS) is 1. The van der Waals surface area contributed by atoms with E-state index in [2.05, 4.69) is 10.3 Å². The quantitative estimate of drug-likeness (QED) is 0.310.